The first-order chi connectivity index (χ1) is 11.4. The number of nitrogens with zero attached hydrogens (tertiary/aromatic N) is 1. The van der Waals surface area contributed by atoms with Gasteiger partial charge in [-0.1, -0.05) is 19.9 Å². The number of allylic oxidation sites excluding steroid dienone is 2. The van der Waals surface area contributed by atoms with E-state index in [1.54, 1.807) is 14.2 Å². The summed E-state index contributed by atoms with van der Waals surface area (Å²) >= 11 is 0. The molecule has 1 aliphatic rings. The number of Topliss-reactive ketones (excluding diaryl/α,β-unsaturated/α-hetero) is 1. The van der Waals surface area contributed by atoms with E-state index in [4.69, 9.17) is 9.47 Å². The molecule has 0 fully saturated rings. The summed E-state index contributed by atoms with van der Waals surface area (Å²) in [4.78, 5) is 16.4. The number of hydrogen-bond donors (Lipinski definition) is 1. The average Bonchev–Trinajstić information content (AvgIpc) is 2.52. The van der Waals surface area contributed by atoms with Crippen LogP contribution in [0.15, 0.2) is 34.5 Å². The van der Waals surface area contributed by atoms with Gasteiger partial charge in [-0.25, -0.2) is 0 Å². The molecule has 0 bridgehead atoms. The van der Waals surface area contributed by atoms with Crippen molar-refractivity contribution in [2.24, 2.45) is 10.4 Å². The van der Waals surface area contributed by atoms with Crippen LogP contribution >= 0.6 is 0 Å². The van der Waals surface area contributed by atoms with Gasteiger partial charge in [0.05, 0.1) is 19.8 Å². The number of aliphatic imine (C=N–C) groups is 1. The molecule has 0 saturated carbocycles. The second-order valence-corrected chi connectivity index (χ2v) is 6.78. The van der Waals surface area contributed by atoms with E-state index in [0.29, 0.717) is 42.9 Å². The molecule has 1 aromatic carbocycles. The fourth-order valence-electron chi connectivity index (χ4n) is 2.83. The molecule has 0 heterocycles. The molecule has 5 heteroatoms. The zero-order valence-corrected chi connectivity index (χ0v) is 14.8. The van der Waals surface area contributed by atoms with Crippen molar-refractivity contribution in [2.75, 3.05) is 20.8 Å². The van der Waals surface area contributed by atoms with E-state index >= 15 is 0 Å². The Morgan fingerprint density at radius 1 is 1.21 bits per heavy atom. The van der Waals surface area contributed by atoms with E-state index in [2.05, 4.69) is 4.99 Å². The third kappa shape index (κ3) is 4.37. The number of aliphatic hydroxyl groups is 1. The van der Waals surface area contributed by atoms with Crippen LogP contribution in [-0.4, -0.2) is 37.9 Å². The van der Waals surface area contributed by atoms with Crippen LogP contribution in [0.5, 0.6) is 11.5 Å². The van der Waals surface area contributed by atoms with Crippen molar-refractivity contribution in [1.82, 2.24) is 0 Å². The molecule has 0 aromatic heterocycles. The van der Waals surface area contributed by atoms with Crippen LogP contribution < -0.4 is 9.47 Å². The molecule has 1 aliphatic carbocycles. The SMILES string of the molecule is COc1ccc(CCN=CC2=C(O)CC(C)(C)CC2=O)cc1OC. The normalized spacial score (nSPS) is 17.4. The lowest BCUT2D eigenvalue weighted by Crippen LogP contribution is -2.26. The first kappa shape index (κ1) is 18.0. The van der Waals surface area contributed by atoms with Crippen molar-refractivity contribution in [2.45, 2.75) is 33.1 Å². The Bertz CT molecular complexity index is 674. The first-order valence-electron chi connectivity index (χ1n) is 8.02. The van der Waals surface area contributed by atoms with Crippen LogP contribution in [0.4, 0.5) is 0 Å². The standard InChI is InChI=1S/C19H25NO4/c1-19(2)10-15(21)14(16(22)11-19)12-20-8-7-13-5-6-17(23-3)18(9-13)24-4/h5-6,9,12,21H,7-8,10-11H2,1-4H3. The number of methoxy groups -OCH3 is 2. The molecule has 1 N–H and O–H groups in total. The van der Waals surface area contributed by atoms with Crippen molar-refractivity contribution < 1.29 is 19.4 Å². The fraction of sp³-hybridized carbons (Fsp3) is 0.474. The number of hydrogen-bond acceptors (Lipinski definition) is 5. The number of carbonyl (C=O) groups excluding carboxylic acids is 1. The Morgan fingerprint density at radius 2 is 1.92 bits per heavy atom. The van der Waals surface area contributed by atoms with Gasteiger partial charge in [0.25, 0.3) is 0 Å². The minimum Gasteiger partial charge on any atom is -0.511 e. The Balaban J connectivity index is 1.99. The molecule has 24 heavy (non-hydrogen) atoms. The van der Waals surface area contributed by atoms with Gasteiger partial charge in [0.2, 0.25) is 0 Å². The van der Waals surface area contributed by atoms with Gasteiger partial charge in [-0.05, 0) is 29.5 Å². The largest absolute Gasteiger partial charge is 0.511 e. The summed E-state index contributed by atoms with van der Waals surface area (Å²) in [5.74, 6) is 1.48. The zero-order chi connectivity index (χ0) is 17.7. The van der Waals surface area contributed by atoms with Crippen LogP contribution in [0, 0.1) is 5.41 Å². The van der Waals surface area contributed by atoms with E-state index in [1.165, 1.54) is 6.21 Å². The maximum absolute atomic E-state index is 12.1. The topological polar surface area (TPSA) is 68.1 Å². The van der Waals surface area contributed by atoms with Gasteiger partial charge >= 0.3 is 0 Å². The summed E-state index contributed by atoms with van der Waals surface area (Å²) in [7, 11) is 3.20. The lowest BCUT2D eigenvalue weighted by molar-refractivity contribution is -0.117. The number of ketones is 1. The first-order valence-corrected chi connectivity index (χ1v) is 8.02. The molecule has 5 nitrogen and oxygen atoms in total. The van der Waals surface area contributed by atoms with Gasteiger partial charge in [-0.15, -0.1) is 0 Å². The van der Waals surface area contributed by atoms with E-state index in [1.807, 2.05) is 32.0 Å². The molecule has 0 spiro atoms. The Morgan fingerprint density at radius 3 is 2.54 bits per heavy atom. The predicted molar refractivity (Wildman–Crippen MR) is 94.3 cm³/mol. The van der Waals surface area contributed by atoms with Crippen LogP contribution in [-0.2, 0) is 11.2 Å². The van der Waals surface area contributed by atoms with Crippen molar-refractivity contribution >= 4 is 12.0 Å². The third-order valence-electron chi connectivity index (χ3n) is 4.09. The van der Waals surface area contributed by atoms with E-state index in [9.17, 15) is 9.90 Å². The molecular weight excluding hydrogens is 306 g/mol. The quantitative estimate of drug-likeness (QED) is 0.810. The molecule has 130 valence electrons. The maximum atomic E-state index is 12.1. The van der Waals surface area contributed by atoms with Gasteiger partial charge < -0.3 is 14.6 Å². The van der Waals surface area contributed by atoms with Crippen molar-refractivity contribution in [1.29, 1.82) is 0 Å². The third-order valence-corrected chi connectivity index (χ3v) is 4.09. The molecule has 0 radical (unpaired) electrons. The second kappa shape index (κ2) is 7.51. The summed E-state index contributed by atoms with van der Waals surface area (Å²) in [5.41, 5.74) is 1.23. The molecule has 1 aromatic rings. The van der Waals surface area contributed by atoms with Gasteiger partial charge in [0, 0.05) is 25.6 Å². The van der Waals surface area contributed by atoms with Crippen LogP contribution in [0.25, 0.3) is 0 Å². The van der Waals surface area contributed by atoms with E-state index < -0.39 is 0 Å². The average molecular weight is 331 g/mol. The number of rotatable bonds is 6. The molecular formula is C19H25NO4. The highest BCUT2D eigenvalue weighted by Crippen LogP contribution is 2.35. The smallest absolute Gasteiger partial charge is 0.168 e. The molecule has 0 aliphatic heterocycles. The Labute approximate surface area is 143 Å². The summed E-state index contributed by atoms with van der Waals surface area (Å²) in [5, 5.41) is 10.1. The van der Waals surface area contributed by atoms with E-state index in [0.717, 1.165) is 5.56 Å². The number of ether oxygens (including phenoxy) is 2. The molecule has 0 amide bonds. The van der Waals surface area contributed by atoms with E-state index in [-0.39, 0.29) is 17.0 Å². The summed E-state index contributed by atoms with van der Waals surface area (Å²) in [6.07, 6.45) is 3.17. The van der Waals surface area contributed by atoms with Crippen molar-refractivity contribution in [3.05, 3.63) is 35.1 Å². The van der Waals surface area contributed by atoms with Gasteiger partial charge in [-0.2, -0.15) is 0 Å². The molecule has 0 unspecified atom stereocenters. The second-order valence-electron chi connectivity index (χ2n) is 6.78. The Kier molecular flexibility index (Phi) is 5.65. The number of aliphatic hydroxyl groups excluding tert-OH is 1. The predicted octanol–water partition coefficient (Wildman–Crippen LogP) is 3.52. The van der Waals surface area contributed by atoms with Gasteiger partial charge in [0.1, 0.15) is 5.76 Å². The zero-order valence-electron chi connectivity index (χ0n) is 14.8. The minimum atomic E-state index is -0.182. The molecule has 0 atom stereocenters. The highest BCUT2D eigenvalue weighted by atomic mass is 16.5. The molecule has 2 rings (SSSR count). The van der Waals surface area contributed by atoms with Crippen LogP contribution in [0.3, 0.4) is 0 Å². The number of carbonyl (C=O) groups is 1. The molecule has 0 saturated heterocycles. The summed E-state index contributed by atoms with van der Waals surface area (Å²) in [6, 6.07) is 5.74. The monoisotopic (exact) mass is 331 g/mol. The highest BCUT2D eigenvalue weighted by molar-refractivity contribution is 6.14. The maximum Gasteiger partial charge on any atom is 0.168 e. The van der Waals surface area contributed by atoms with Crippen LogP contribution in [0.2, 0.25) is 0 Å². The van der Waals surface area contributed by atoms with Crippen molar-refractivity contribution in [3.8, 4) is 11.5 Å². The highest BCUT2D eigenvalue weighted by Gasteiger charge is 2.32. The van der Waals surface area contributed by atoms with Crippen LogP contribution in [0.1, 0.15) is 32.3 Å². The number of benzene rings is 1. The summed E-state index contributed by atoms with van der Waals surface area (Å²) in [6.45, 7) is 4.49. The summed E-state index contributed by atoms with van der Waals surface area (Å²) < 4.78 is 10.5. The fourth-order valence-corrected chi connectivity index (χ4v) is 2.83. The lowest BCUT2D eigenvalue weighted by atomic mass is 9.77. The van der Waals surface area contributed by atoms with Crippen molar-refractivity contribution in [3.63, 3.8) is 0 Å². The van der Waals surface area contributed by atoms with Gasteiger partial charge in [0.15, 0.2) is 17.3 Å². The lowest BCUT2D eigenvalue weighted by Gasteiger charge is -2.28. The minimum absolute atomic E-state index is 0.0429. The van der Waals surface area contributed by atoms with Gasteiger partial charge in [-0.3, -0.25) is 9.79 Å². The Hall–Kier alpha value is -2.30.